The van der Waals surface area contributed by atoms with E-state index in [1.807, 2.05) is 30.2 Å². The van der Waals surface area contributed by atoms with Gasteiger partial charge in [-0.2, -0.15) is 5.10 Å². The summed E-state index contributed by atoms with van der Waals surface area (Å²) in [6, 6.07) is 7.26. The average molecular weight is 543 g/mol. The van der Waals surface area contributed by atoms with E-state index in [1.54, 1.807) is 12.1 Å². The summed E-state index contributed by atoms with van der Waals surface area (Å²) >= 11 is 0. The number of rotatable bonds is 7. The number of halogens is 2. The molecule has 1 saturated heterocycles. The zero-order chi connectivity index (χ0) is 21.5. The van der Waals surface area contributed by atoms with Crippen LogP contribution in [0.15, 0.2) is 41.7 Å². The van der Waals surface area contributed by atoms with Crippen molar-refractivity contribution < 1.29 is 4.39 Å². The number of aliphatic imine (C=N–C) groups is 1. The van der Waals surface area contributed by atoms with E-state index < -0.39 is 0 Å². The first-order chi connectivity index (χ1) is 14.5. The molecule has 1 aliphatic heterocycles. The monoisotopic (exact) mass is 543 g/mol. The summed E-state index contributed by atoms with van der Waals surface area (Å²) in [6.45, 7) is 5.27. The molecule has 9 heteroatoms. The van der Waals surface area contributed by atoms with Crippen LogP contribution >= 0.6 is 24.0 Å². The van der Waals surface area contributed by atoms with Gasteiger partial charge in [-0.05, 0) is 52.1 Å². The average Bonchev–Trinajstić information content (AvgIpc) is 3.14. The van der Waals surface area contributed by atoms with Crippen LogP contribution in [0.5, 0.6) is 0 Å². The second-order valence-electron chi connectivity index (χ2n) is 8.06. The number of aryl methyl sites for hydroxylation is 1. The largest absolute Gasteiger partial charge is 0.369 e. The molecule has 0 radical (unpaired) electrons. The summed E-state index contributed by atoms with van der Waals surface area (Å²) in [5.41, 5.74) is 2.09. The molecule has 1 aromatic carbocycles. The number of piperidine rings is 1. The van der Waals surface area contributed by atoms with Crippen molar-refractivity contribution in [3.05, 3.63) is 48.0 Å². The second-order valence-corrected chi connectivity index (χ2v) is 8.06. The minimum atomic E-state index is -0.192. The summed E-state index contributed by atoms with van der Waals surface area (Å²) in [5.74, 6) is 0.627. The maximum atomic E-state index is 13.6. The van der Waals surface area contributed by atoms with E-state index in [2.05, 4.69) is 46.6 Å². The molecule has 2 unspecified atom stereocenters. The van der Waals surface area contributed by atoms with E-state index in [-0.39, 0.29) is 41.9 Å². The SMILES string of the molecule is CCNC(=NCC(c1cnn(C)c1)N(C)C)NC1CCCN(c2cccc(F)c2)C1.I. The smallest absolute Gasteiger partial charge is 0.191 e. The fourth-order valence-electron chi connectivity index (χ4n) is 3.87. The van der Waals surface area contributed by atoms with Gasteiger partial charge in [-0.3, -0.25) is 9.67 Å². The second kappa shape index (κ2) is 12.2. The fraction of sp³-hybridized carbons (Fsp3) is 0.545. The van der Waals surface area contributed by atoms with Gasteiger partial charge in [0.05, 0.1) is 18.8 Å². The van der Waals surface area contributed by atoms with Crippen molar-refractivity contribution in [2.24, 2.45) is 12.0 Å². The van der Waals surface area contributed by atoms with Gasteiger partial charge < -0.3 is 20.4 Å². The highest BCUT2D eigenvalue weighted by Gasteiger charge is 2.22. The lowest BCUT2D eigenvalue weighted by Crippen LogP contribution is -2.51. The van der Waals surface area contributed by atoms with Gasteiger partial charge in [0.1, 0.15) is 5.82 Å². The molecule has 2 atom stereocenters. The van der Waals surface area contributed by atoms with E-state index >= 15 is 0 Å². The van der Waals surface area contributed by atoms with Gasteiger partial charge in [-0.25, -0.2) is 4.39 Å². The molecule has 0 amide bonds. The Kier molecular flexibility index (Phi) is 10.0. The van der Waals surface area contributed by atoms with Crippen LogP contribution in [0.2, 0.25) is 0 Å². The Bertz CT molecular complexity index is 839. The van der Waals surface area contributed by atoms with E-state index in [1.165, 1.54) is 6.07 Å². The van der Waals surface area contributed by atoms with Gasteiger partial charge >= 0.3 is 0 Å². The Morgan fingerprint density at radius 2 is 2.19 bits per heavy atom. The zero-order valence-electron chi connectivity index (χ0n) is 18.9. The molecule has 31 heavy (non-hydrogen) atoms. The molecule has 1 aromatic heterocycles. The third kappa shape index (κ3) is 7.34. The molecular weight excluding hydrogens is 508 g/mol. The first-order valence-electron chi connectivity index (χ1n) is 10.7. The van der Waals surface area contributed by atoms with Crippen LogP contribution < -0.4 is 15.5 Å². The summed E-state index contributed by atoms with van der Waals surface area (Å²) in [4.78, 5) is 9.27. The molecule has 2 heterocycles. The highest BCUT2D eigenvalue weighted by atomic mass is 127. The maximum absolute atomic E-state index is 13.6. The summed E-state index contributed by atoms with van der Waals surface area (Å²) in [7, 11) is 6.05. The Balaban J connectivity index is 0.00000341. The van der Waals surface area contributed by atoms with Crippen molar-refractivity contribution in [2.45, 2.75) is 31.8 Å². The number of hydrogen-bond donors (Lipinski definition) is 2. The Morgan fingerprint density at radius 3 is 2.84 bits per heavy atom. The molecule has 2 N–H and O–H groups in total. The molecule has 2 aromatic rings. The van der Waals surface area contributed by atoms with E-state index in [0.29, 0.717) is 6.54 Å². The Hall–Kier alpha value is -1.88. The lowest BCUT2D eigenvalue weighted by Gasteiger charge is -2.35. The summed E-state index contributed by atoms with van der Waals surface area (Å²) in [6.07, 6.45) is 6.07. The highest BCUT2D eigenvalue weighted by Crippen LogP contribution is 2.21. The van der Waals surface area contributed by atoms with E-state index in [9.17, 15) is 4.39 Å². The van der Waals surface area contributed by atoms with Crippen molar-refractivity contribution in [3.63, 3.8) is 0 Å². The molecule has 0 saturated carbocycles. The third-order valence-corrected chi connectivity index (χ3v) is 5.44. The lowest BCUT2D eigenvalue weighted by atomic mass is 10.0. The van der Waals surface area contributed by atoms with E-state index in [0.717, 1.165) is 49.7 Å². The van der Waals surface area contributed by atoms with Crippen LogP contribution in [-0.4, -0.2) is 67.0 Å². The summed E-state index contributed by atoms with van der Waals surface area (Å²) < 4.78 is 15.5. The fourth-order valence-corrected chi connectivity index (χ4v) is 3.87. The van der Waals surface area contributed by atoms with Crippen LogP contribution in [0.4, 0.5) is 10.1 Å². The van der Waals surface area contributed by atoms with Crippen LogP contribution in [0.3, 0.4) is 0 Å². The normalized spacial score (nSPS) is 17.9. The first-order valence-corrected chi connectivity index (χ1v) is 10.7. The van der Waals surface area contributed by atoms with Gasteiger partial charge in [0.2, 0.25) is 0 Å². The molecule has 1 aliphatic rings. The Labute approximate surface area is 202 Å². The predicted octanol–water partition coefficient (Wildman–Crippen LogP) is 3.00. The number of likely N-dealkylation sites (N-methyl/N-ethyl adjacent to an activating group) is 1. The number of anilines is 1. The van der Waals surface area contributed by atoms with Crippen molar-refractivity contribution >= 4 is 35.6 Å². The van der Waals surface area contributed by atoms with E-state index in [4.69, 9.17) is 4.99 Å². The predicted molar refractivity (Wildman–Crippen MR) is 136 cm³/mol. The quantitative estimate of drug-likeness (QED) is 0.320. The van der Waals surface area contributed by atoms with Gasteiger partial charge in [0.15, 0.2) is 5.96 Å². The van der Waals surface area contributed by atoms with Crippen LogP contribution in [-0.2, 0) is 7.05 Å². The number of nitrogens with zero attached hydrogens (tertiary/aromatic N) is 5. The van der Waals surface area contributed by atoms with Crippen LogP contribution in [0, 0.1) is 5.82 Å². The van der Waals surface area contributed by atoms with Crippen molar-refractivity contribution in [1.29, 1.82) is 0 Å². The van der Waals surface area contributed by atoms with Crippen LogP contribution in [0.25, 0.3) is 0 Å². The Morgan fingerprint density at radius 1 is 1.39 bits per heavy atom. The lowest BCUT2D eigenvalue weighted by molar-refractivity contribution is 0.306. The highest BCUT2D eigenvalue weighted by molar-refractivity contribution is 14.0. The van der Waals surface area contributed by atoms with Crippen molar-refractivity contribution in [1.82, 2.24) is 25.3 Å². The molecule has 1 fully saturated rings. The molecular formula is C22H35FIN7. The summed E-state index contributed by atoms with van der Waals surface area (Å²) in [5, 5.41) is 11.3. The number of benzene rings is 1. The maximum Gasteiger partial charge on any atom is 0.191 e. The molecule has 0 bridgehead atoms. The molecule has 172 valence electrons. The standard InChI is InChI=1S/C22H34FN7.HI/c1-5-24-22(25-14-21(28(2)3)17-13-26-29(4)15-17)27-19-9-7-11-30(16-19)20-10-6-8-18(23)12-20;/h6,8,10,12-13,15,19,21H,5,7,9,11,14,16H2,1-4H3,(H2,24,25,27);1H. The topological polar surface area (TPSA) is 60.7 Å². The van der Waals surface area contributed by atoms with Gasteiger partial charge in [0.25, 0.3) is 0 Å². The first kappa shape index (κ1) is 25.4. The van der Waals surface area contributed by atoms with Crippen molar-refractivity contribution in [2.75, 3.05) is 45.2 Å². The van der Waals surface area contributed by atoms with Gasteiger partial charge in [-0.1, -0.05) is 6.07 Å². The molecule has 3 rings (SSSR count). The minimum Gasteiger partial charge on any atom is -0.369 e. The number of hydrogen-bond acceptors (Lipinski definition) is 4. The van der Waals surface area contributed by atoms with Gasteiger partial charge in [0, 0.05) is 50.2 Å². The molecule has 0 aliphatic carbocycles. The van der Waals surface area contributed by atoms with Gasteiger partial charge in [-0.15, -0.1) is 24.0 Å². The number of guanidine groups is 1. The third-order valence-electron chi connectivity index (χ3n) is 5.44. The number of aromatic nitrogens is 2. The van der Waals surface area contributed by atoms with Crippen LogP contribution in [0.1, 0.15) is 31.4 Å². The zero-order valence-corrected chi connectivity index (χ0v) is 21.2. The minimum absolute atomic E-state index is 0. The molecule has 0 spiro atoms. The molecule has 7 nitrogen and oxygen atoms in total. The van der Waals surface area contributed by atoms with Crippen molar-refractivity contribution in [3.8, 4) is 0 Å². The number of nitrogens with one attached hydrogen (secondary N) is 2.